The lowest BCUT2D eigenvalue weighted by atomic mass is 9.99. The largest absolute Gasteiger partial charge is 0.465 e. The number of ether oxygens (including phenoxy) is 2. The summed E-state index contributed by atoms with van der Waals surface area (Å²) in [6.45, 7) is 0. The second kappa shape index (κ2) is 15.6. The molecule has 0 N–H and O–H groups in total. The molecule has 0 bridgehead atoms. The Hall–Kier alpha value is -5.12. The van der Waals surface area contributed by atoms with Gasteiger partial charge in [-0.1, -0.05) is 127 Å². The SMILES string of the molecule is COC(=O)c1ccccc1-c1ccc(CSc2nc(Cc3ccccc3)nn2SCc2ccc(-c3ccccc3C(=O)OC)cc2)cc1. The molecule has 0 amide bonds. The Morgan fingerprint density at radius 2 is 1.10 bits per heavy atom. The fourth-order valence-electron chi connectivity index (χ4n) is 5.24. The van der Waals surface area contributed by atoms with Crippen LogP contribution in [0.2, 0.25) is 0 Å². The standard InChI is InChI=1S/C39H33N3O4S2/c1-45-37(43)34-14-8-6-12-32(34)30-20-16-28(17-21-30)25-47-39-40-36(24-27-10-4-3-5-11-27)41-42(39)48-26-29-18-22-31(23-19-29)33-13-7-9-15-35(33)38(44)46-2/h3-23H,24-26H2,1-2H3. The fourth-order valence-corrected chi connectivity index (χ4v) is 7.13. The molecule has 6 aromatic rings. The van der Waals surface area contributed by atoms with Crippen molar-refractivity contribution < 1.29 is 19.1 Å². The van der Waals surface area contributed by atoms with Gasteiger partial charge < -0.3 is 9.47 Å². The van der Waals surface area contributed by atoms with Gasteiger partial charge in [-0.3, -0.25) is 0 Å². The molecule has 0 unspecified atom stereocenters. The van der Waals surface area contributed by atoms with Gasteiger partial charge in [0.2, 0.25) is 0 Å². The Kier molecular flexibility index (Phi) is 10.7. The maximum absolute atomic E-state index is 12.3. The van der Waals surface area contributed by atoms with Gasteiger partial charge in [-0.25, -0.2) is 14.6 Å². The maximum atomic E-state index is 12.3. The Balaban J connectivity index is 1.17. The Morgan fingerprint density at radius 1 is 0.604 bits per heavy atom. The van der Waals surface area contributed by atoms with E-state index in [0.29, 0.717) is 29.1 Å². The Labute approximate surface area is 288 Å². The molecule has 5 aromatic carbocycles. The van der Waals surface area contributed by atoms with Crippen molar-refractivity contribution in [3.05, 3.63) is 161 Å². The van der Waals surface area contributed by atoms with E-state index in [2.05, 4.69) is 36.4 Å². The summed E-state index contributed by atoms with van der Waals surface area (Å²) in [7, 11) is 2.79. The molecule has 0 aliphatic carbocycles. The zero-order valence-corrected chi connectivity index (χ0v) is 28.2. The third-order valence-corrected chi connectivity index (χ3v) is 9.79. The summed E-state index contributed by atoms with van der Waals surface area (Å²) in [5, 5.41) is 5.71. The van der Waals surface area contributed by atoms with E-state index in [1.54, 1.807) is 35.8 Å². The van der Waals surface area contributed by atoms with E-state index in [-0.39, 0.29) is 11.9 Å². The van der Waals surface area contributed by atoms with E-state index in [0.717, 1.165) is 49.9 Å². The molecule has 6 rings (SSSR count). The van der Waals surface area contributed by atoms with E-state index >= 15 is 0 Å². The van der Waals surface area contributed by atoms with Gasteiger partial charge >= 0.3 is 11.9 Å². The highest BCUT2D eigenvalue weighted by Gasteiger charge is 2.16. The van der Waals surface area contributed by atoms with Crippen LogP contribution >= 0.6 is 23.7 Å². The monoisotopic (exact) mass is 671 g/mol. The molecule has 0 saturated heterocycles. The number of hydrogen-bond donors (Lipinski definition) is 0. The van der Waals surface area contributed by atoms with E-state index in [1.807, 2.05) is 82.9 Å². The average Bonchev–Trinajstić information content (AvgIpc) is 3.54. The number of benzene rings is 5. The summed E-state index contributed by atoms with van der Waals surface area (Å²) in [6, 6.07) is 41.6. The van der Waals surface area contributed by atoms with Gasteiger partial charge in [-0.05, 0) is 63.0 Å². The van der Waals surface area contributed by atoms with Crippen molar-refractivity contribution in [2.24, 2.45) is 0 Å². The zero-order chi connectivity index (χ0) is 33.3. The molecule has 0 radical (unpaired) electrons. The predicted molar refractivity (Wildman–Crippen MR) is 192 cm³/mol. The number of hydrogen-bond acceptors (Lipinski definition) is 8. The highest BCUT2D eigenvalue weighted by Crippen LogP contribution is 2.30. The van der Waals surface area contributed by atoms with Crippen LogP contribution in [0.5, 0.6) is 0 Å². The van der Waals surface area contributed by atoms with Crippen LogP contribution in [0.3, 0.4) is 0 Å². The Bertz CT molecular complexity index is 1890. The van der Waals surface area contributed by atoms with Crippen molar-refractivity contribution in [3.8, 4) is 22.3 Å². The van der Waals surface area contributed by atoms with E-state index < -0.39 is 0 Å². The number of esters is 2. The molecule has 0 saturated carbocycles. The number of carbonyl (C=O) groups excluding carboxylic acids is 2. The lowest BCUT2D eigenvalue weighted by Gasteiger charge is -2.10. The highest BCUT2D eigenvalue weighted by atomic mass is 32.2. The van der Waals surface area contributed by atoms with Gasteiger partial charge in [-0.2, -0.15) is 4.09 Å². The lowest BCUT2D eigenvalue weighted by Crippen LogP contribution is -2.03. The second-order valence-electron chi connectivity index (χ2n) is 10.9. The lowest BCUT2D eigenvalue weighted by molar-refractivity contribution is 0.0592. The summed E-state index contributed by atoms with van der Waals surface area (Å²) >= 11 is 3.23. The summed E-state index contributed by atoms with van der Waals surface area (Å²) in [6.07, 6.45) is 0.643. The molecule has 0 spiro atoms. The first-order valence-electron chi connectivity index (χ1n) is 15.3. The number of rotatable bonds is 12. The van der Waals surface area contributed by atoms with Gasteiger partial charge in [0, 0.05) is 17.9 Å². The number of nitrogens with zero attached hydrogens (tertiary/aromatic N) is 3. The first kappa shape index (κ1) is 32.8. The van der Waals surface area contributed by atoms with Gasteiger partial charge in [0.05, 0.1) is 25.3 Å². The number of methoxy groups -OCH3 is 2. The summed E-state index contributed by atoms with van der Waals surface area (Å²) < 4.78 is 11.9. The average molecular weight is 672 g/mol. The molecular formula is C39H33N3O4S2. The minimum atomic E-state index is -0.354. The number of aromatic nitrogens is 3. The molecule has 7 nitrogen and oxygen atoms in total. The van der Waals surface area contributed by atoms with Crippen molar-refractivity contribution in [2.75, 3.05) is 14.2 Å². The Morgan fingerprint density at radius 3 is 1.65 bits per heavy atom. The van der Waals surface area contributed by atoms with E-state index in [1.165, 1.54) is 14.2 Å². The fraction of sp³-hybridized carbons (Fsp3) is 0.128. The van der Waals surface area contributed by atoms with Crippen LogP contribution < -0.4 is 0 Å². The van der Waals surface area contributed by atoms with Crippen molar-refractivity contribution in [3.63, 3.8) is 0 Å². The van der Waals surface area contributed by atoms with Crippen LogP contribution in [-0.4, -0.2) is 40.3 Å². The summed E-state index contributed by atoms with van der Waals surface area (Å²) in [4.78, 5) is 29.5. The van der Waals surface area contributed by atoms with Gasteiger partial charge in [0.25, 0.3) is 0 Å². The van der Waals surface area contributed by atoms with Crippen LogP contribution in [0.1, 0.15) is 43.2 Å². The molecule has 0 atom stereocenters. The van der Waals surface area contributed by atoms with E-state index in [4.69, 9.17) is 19.6 Å². The summed E-state index contributed by atoms with van der Waals surface area (Å²) in [5.41, 5.74) is 8.07. The number of carbonyl (C=O) groups is 2. The topological polar surface area (TPSA) is 83.3 Å². The maximum Gasteiger partial charge on any atom is 0.338 e. The van der Waals surface area contributed by atoms with Crippen LogP contribution in [0.4, 0.5) is 0 Å². The highest BCUT2D eigenvalue weighted by molar-refractivity contribution is 8.00. The quantitative estimate of drug-likeness (QED) is 0.0944. The van der Waals surface area contributed by atoms with Crippen LogP contribution in [0.25, 0.3) is 22.3 Å². The predicted octanol–water partition coefficient (Wildman–Crippen LogP) is 8.76. The van der Waals surface area contributed by atoms with Crippen molar-refractivity contribution >= 4 is 35.6 Å². The third kappa shape index (κ3) is 7.87. The normalized spacial score (nSPS) is 10.9. The number of thioether (sulfide) groups is 1. The zero-order valence-electron chi connectivity index (χ0n) is 26.5. The van der Waals surface area contributed by atoms with Gasteiger partial charge in [0.15, 0.2) is 11.0 Å². The molecule has 0 fully saturated rings. The van der Waals surface area contributed by atoms with Crippen LogP contribution in [-0.2, 0) is 27.4 Å². The minimum absolute atomic E-state index is 0.354. The van der Waals surface area contributed by atoms with Crippen LogP contribution in [0, 0.1) is 0 Å². The molecule has 1 aromatic heterocycles. The van der Waals surface area contributed by atoms with Crippen molar-refractivity contribution in [1.29, 1.82) is 0 Å². The second-order valence-corrected chi connectivity index (χ2v) is 12.7. The first-order valence-corrected chi connectivity index (χ1v) is 17.2. The molecule has 1 heterocycles. The molecular weight excluding hydrogens is 639 g/mol. The molecule has 240 valence electrons. The molecule has 48 heavy (non-hydrogen) atoms. The molecule has 9 heteroatoms. The summed E-state index contributed by atoms with van der Waals surface area (Å²) in [5.74, 6) is 1.45. The molecule has 0 aliphatic heterocycles. The first-order chi connectivity index (χ1) is 23.5. The third-order valence-electron chi connectivity index (χ3n) is 7.72. The van der Waals surface area contributed by atoms with Crippen molar-refractivity contribution in [2.45, 2.75) is 23.1 Å². The minimum Gasteiger partial charge on any atom is -0.465 e. The van der Waals surface area contributed by atoms with E-state index in [9.17, 15) is 9.59 Å². The van der Waals surface area contributed by atoms with Gasteiger partial charge in [-0.15, -0.1) is 5.10 Å². The van der Waals surface area contributed by atoms with Crippen LogP contribution in [0.15, 0.2) is 133 Å². The van der Waals surface area contributed by atoms with Crippen molar-refractivity contribution in [1.82, 2.24) is 14.2 Å². The smallest absolute Gasteiger partial charge is 0.338 e. The molecule has 0 aliphatic rings. The van der Waals surface area contributed by atoms with Gasteiger partial charge in [0.1, 0.15) is 0 Å².